The Labute approximate surface area is 48.7 Å². The van der Waals surface area contributed by atoms with E-state index in [1.165, 1.54) is 0 Å². The lowest BCUT2D eigenvalue weighted by atomic mass is 9.92. The van der Waals surface area contributed by atoms with Gasteiger partial charge in [0.1, 0.15) is 6.61 Å². The van der Waals surface area contributed by atoms with Crippen LogP contribution in [0.25, 0.3) is 0 Å². The molecule has 0 saturated carbocycles. The minimum atomic E-state index is 0.190. The molecule has 0 aromatic heterocycles. The molecule has 1 saturated heterocycles. The molecule has 0 aromatic carbocycles. The van der Waals surface area contributed by atoms with Crippen LogP contribution in [0.2, 0.25) is 0 Å². The van der Waals surface area contributed by atoms with Crippen molar-refractivity contribution in [3.63, 3.8) is 0 Å². The summed E-state index contributed by atoms with van der Waals surface area (Å²) in [6, 6.07) is 0. The van der Waals surface area contributed by atoms with Gasteiger partial charge in [-0.15, -0.1) is 0 Å². The zero-order valence-electron chi connectivity index (χ0n) is 4.52. The molecule has 1 aliphatic rings. The van der Waals surface area contributed by atoms with E-state index >= 15 is 0 Å². The zero-order chi connectivity index (χ0) is 5.49. The monoisotopic (exact) mass is 116 g/mol. The maximum atomic E-state index is 4.88. The second-order valence-electron chi connectivity index (χ2n) is 2.46. The van der Waals surface area contributed by atoms with E-state index in [4.69, 9.17) is 17.0 Å². The number of hydrogen-bond donors (Lipinski definition) is 0. The van der Waals surface area contributed by atoms with Gasteiger partial charge >= 0.3 is 0 Å². The summed E-state index contributed by atoms with van der Waals surface area (Å²) in [5.74, 6) is 0. The Morgan fingerprint density at radius 2 is 2.14 bits per heavy atom. The predicted octanol–water partition coefficient (Wildman–Crippen LogP) is 1.37. The molecule has 7 heavy (non-hydrogen) atoms. The molecule has 2 heteroatoms. The fraction of sp³-hybridized carbons (Fsp3) is 0.800. The number of ether oxygens (including phenoxy) is 1. The van der Waals surface area contributed by atoms with Gasteiger partial charge in [0.2, 0.25) is 0 Å². The molecule has 0 radical (unpaired) electrons. The zero-order valence-corrected chi connectivity index (χ0v) is 5.34. The lowest BCUT2D eigenvalue weighted by Crippen LogP contribution is -2.41. The van der Waals surface area contributed by atoms with Crippen LogP contribution in [-0.4, -0.2) is 11.7 Å². The molecule has 0 bridgehead atoms. The van der Waals surface area contributed by atoms with Gasteiger partial charge < -0.3 is 4.74 Å². The molecule has 0 spiro atoms. The SMILES string of the molecule is CC1(C)COC1=S. The number of thiocarbonyl (C=S) groups is 1. The molecule has 1 heterocycles. The highest BCUT2D eigenvalue weighted by molar-refractivity contribution is 7.80. The van der Waals surface area contributed by atoms with Gasteiger partial charge in [-0.1, -0.05) is 0 Å². The summed E-state index contributed by atoms with van der Waals surface area (Å²) < 4.78 is 4.88. The summed E-state index contributed by atoms with van der Waals surface area (Å²) in [6.45, 7) is 4.96. The van der Waals surface area contributed by atoms with Crippen LogP contribution < -0.4 is 0 Å². The lowest BCUT2D eigenvalue weighted by molar-refractivity contribution is 0.116. The molecular weight excluding hydrogens is 108 g/mol. The smallest absolute Gasteiger partial charge is 0.168 e. The standard InChI is InChI=1S/C5H8OS/c1-5(2)3-6-4(5)7/h3H2,1-2H3. The van der Waals surface area contributed by atoms with Crippen molar-refractivity contribution < 1.29 is 4.74 Å². The number of rotatable bonds is 0. The molecular formula is C5H8OS. The van der Waals surface area contributed by atoms with Gasteiger partial charge in [0.15, 0.2) is 5.05 Å². The first-order valence-corrected chi connectivity index (χ1v) is 2.71. The van der Waals surface area contributed by atoms with Gasteiger partial charge in [0.05, 0.1) is 5.41 Å². The van der Waals surface area contributed by atoms with Crippen molar-refractivity contribution in [2.45, 2.75) is 13.8 Å². The van der Waals surface area contributed by atoms with Crippen molar-refractivity contribution in [1.82, 2.24) is 0 Å². The van der Waals surface area contributed by atoms with E-state index in [2.05, 4.69) is 13.8 Å². The largest absolute Gasteiger partial charge is 0.485 e. The highest BCUT2D eigenvalue weighted by atomic mass is 32.1. The van der Waals surface area contributed by atoms with Crippen LogP contribution >= 0.6 is 12.2 Å². The molecule has 1 nitrogen and oxygen atoms in total. The van der Waals surface area contributed by atoms with Gasteiger partial charge in [0.25, 0.3) is 0 Å². The van der Waals surface area contributed by atoms with Crippen LogP contribution in [-0.2, 0) is 4.74 Å². The van der Waals surface area contributed by atoms with Crippen LogP contribution in [0.1, 0.15) is 13.8 Å². The minimum Gasteiger partial charge on any atom is -0.485 e. The third-order valence-corrected chi connectivity index (χ3v) is 1.79. The molecule has 0 unspecified atom stereocenters. The fourth-order valence-electron chi connectivity index (χ4n) is 0.420. The summed E-state index contributed by atoms with van der Waals surface area (Å²) in [7, 11) is 0. The van der Waals surface area contributed by atoms with Crippen molar-refractivity contribution >= 4 is 17.3 Å². The molecule has 40 valence electrons. The van der Waals surface area contributed by atoms with Gasteiger partial charge in [0, 0.05) is 0 Å². The van der Waals surface area contributed by atoms with Gasteiger partial charge in [-0.2, -0.15) is 0 Å². The van der Waals surface area contributed by atoms with Crippen LogP contribution in [0, 0.1) is 5.41 Å². The van der Waals surface area contributed by atoms with Gasteiger partial charge in [-0.25, -0.2) is 0 Å². The summed E-state index contributed by atoms with van der Waals surface area (Å²) >= 11 is 4.80. The normalized spacial score (nSPS) is 25.7. The van der Waals surface area contributed by atoms with Crippen LogP contribution in [0.4, 0.5) is 0 Å². The highest BCUT2D eigenvalue weighted by Crippen LogP contribution is 2.28. The highest BCUT2D eigenvalue weighted by Gasteiger charge is 2.35. The molecule has 1 rings (SSSR count). The van der Waals surface area contributed by atoms with Gasteiger partial charge in [-0.05, 0) is 26.1 Å². The van der Waals surface area contributed by atoms with E-state index in [0.717, 1.165) is 11.7 Å². The Morgan fingerprint density at radius 1 is 1.71 bits per heavy atom. The molecule has 1 aliphatic heterocycles. The average molecular weight is 116 g/mol. The quantitative estimate of drug-likeness (QED) is 0.442. The van der Waals surface area contributed by atoms with E-state index in [0.29, 0.717) is 0 Å². The Bertz CT molecular complexity index is 107. The van der Waals surface area contributed by atoms with Crippen molar-refractivity contribution in [1.29, 1.82) is 0 Å². The van der Waals surface area contributed by atoms with Gasteiger partial charge in [-0.3, -0.25) is 0 Å². The Kier molecular flexibility index (Phi) is 0.854. The Morgan fingerprint density at radius 3 is 2.14 bits per heavy atom. The first-order valence-electron chi connectivity index (χ1n) is 2.30. The van der Waals surface area contributed by atoms with Crippen LogP contribution in [0.5, 0.6) is 0 Å². The maximum absolute atomic E-state index is 4.88. The second-order valence-corrected chi connectivity index (χ2v) is 2.83. The molecule has 0 aliphatic carbocycles. The summed E-state index contributed by atoms with van der Waals surface area (Å²) in [5.41, 5.74) is 0.190. The third-order valence-electron chi connectivity index (χ3n) is 1.12. The first-order chi connectivity index (χ1) is 3.13. The Hall–Kier alpha value is -0.110. The number of hydrogen-bond acceptors (Lipinski definition) is 2. The third kappa shape index (κ3) is 0.630. The fourth-order valence-corrected chi connectivity index (χ4v) is 0.538. The van der Waals surface area contributed by atoms with E-state index in [-0.39, 0.29) is 5.41 Å². The van der Waals surface area contributed by atoms with E-state index in [9.17, 15) is 0 Å². The van der Waals surface area contributed by atoms with Crippen molar-refractivity contribution in [3.8, 4) is 0 Å². The van der Waals surface area contributed by atoms with Crippen molar-refractivity contribution in [2.24, 2.45) is 5.41 Å². The summed E-state index contributed by atoms with van der Waals surface area (Å²) in [4.78, 5) is 0. The molecule has 0 amide bonds. The topological polar surface area (TPSA) is 9.23 Å². The molecule has 0 N–H and O–H groups in total. The second kappa shape index (κ2) is 1.19. The Balaban J connectivity index is 2.59. The molecule has 1 fully saturated rings. The molecule has 0 atom stereocenters. The van der Waals surface area contributed by atoms with Crippen LogP contribution in [0.3, 0.4) is 0 Å². The lowest BCUT2D eigenvalue weighted by Gasteiger charge is -2.35. The molecule has 0 aromatic rings. The van der Waals surface area contributed by atoms with Crippen molar-refractivity contribution in [3.05, 3.63) is 0 Å². The van der Waals surface area contributed by atoms with Crippen LogP contribution in [0.15, 0.2) is 0 Å². The van der Waals surface area contributed by atoms with E-state index in [1.807, 2.05) is 0 Å². The average Bonchev–Trinajstić information content (AvgIpc) is 1.63. The maximum Gasteiger partial charge on any atom is 0.168 e. The summed E-state index contributed by atoms with van der Waals surface area (Å²) in [6.07, 6.45) is 0. The predicted molar refractivity (Wildman–Crippen MR) is 32.3 cm³/mol. The first kappa shape index (κ1) is 5.04. The minimum absolute atomic E-state index is 0.190. The van der Waals surface area contributed by atoms with E-state index < -0.39 is 0 Å². The summed E-state index contributed by atoms with van der Waals surface area (Å²) in [5, 5.41) is 0.757. The van der Waals surface area contributed by atoms with Crippen molar-refractivity contribution in [2.75, 3.05) is 6.61 Å². The van der Waals surface area contributed by atoms with E-state index in [1.54, 1.807) is 0 Å².